The van der Waals surface area contributed by atoms with Crippen molar-refractivity contribution >= 4 is 11.7 Å². The van der Waals surface area contributed by atoms with Gasteiger partial charge < -0.3 is 20.9 Å². The van der Waals surface area contributed by atoms with Crippen LogP contribution in [0, 0.1) is 29.0 Å². The minimum atomic E-state index is -0.551. The summed E-state index contributed by atoms with van der Waals surface area (Å²) in [4.78, 5) is 14.2. The summed E-state index contributed by atoms with van der Waals surface area (Å²) in [5, 5.41) is 17.5. The molecular weight excluding hydrogens is 333 g/mol. The smallest absolute Gasteiger partial charge is 0.314 e. The largest absolute Gasteiger partial charge is 0.382 e. The Morgan fingerprint density at radius 2 is 1.92 bits per heavy atom. The Balaban J connectivity index is 1.61. The van der Waals surface area contributed by atoms with Crippen molar-refractivity contribution in [2.24, 2.45) is 11.8 Å². The Morgan fingerprint density at radius 3 is 2.62 bits per heavy atom. The molecule has 1 heterocycles. The van der Waals surface area contributed by atoms with E-state index in [9.17, 15) is 9.18 Å². The fourth-order valence-electron chi connectivity index (χ4n) is 3.52. The normalized spacial score (nSPS) is 20.2. The first-order chi connectivity index (χ1) is 12.5. The van der Waals surface area contributed by atoms with Crippen molar-refractivity contribution in [2.45, 2.75) is 20.3 Å². The van der Waals surface area contributed by atoms with Crippen molar-refractivity contribution in [1.82, 2.24) is 15.5 Å². The van der Waals surface area contributed by atoms with E-state index in [0.29, 0.717) is 37.2 Å². The zero-order chi connectivity index (χ0) is 18.9. The van der Waals surface area contributed by atoms with E-state index >= 15 is 0 Å². The van der Waals surface area contributed by atoms with E-state index in [-0.39, 0.29) is 11.6 Å². The SMILES string of the molecule is CC1CC(C)CN(CCNC(=O)NCCNc2cccc(F)c2C#N)C1. The maximum absolute atomic E-state index is 13.5. The van der Waals surface area contributed by atoms with Crippen molar-refractivity contribution in [3.63, 3.8) is 0 Å². The van der Waals surface area contributed by atoms with Crippen molar-refractivity contribution in [1.29, 1.82) is 5.26 Å². The molecule has 1 aromatic carbocycles. The second-order valence-electron chi connectivity index (χ2n) is 7.09. The Hall–Kier alpha value is -2.33. The third kappa shape index (κ3) is 6.19. The molecule has 6 nitrogen and oxygen atoms in total. The number of urea groups is 1. The number of carbonyl (C=O) groups excluding carboxylic acids is 1. The number of rotatable bonds is 7. The third-order valence-corrected chi connectivity index (χ3v) is 4.51. The van der Waals surface area contributed by atoms with Gasteiger partial charge in [0.2, 0.25) is 0 Å². The number of nitrogens with one attached hydrogen (secondary N) is 3. The zero-order valence-electron chi connectivity index (χ0n) is 15.5. The first-order valence-electron chi connectivity index (χ1n) is 9.16. The lowest BCUT2D eigenvalue weighted by molar-refractivity contribution is 0.142. The van der Waals surface area contributed by atoms with Crippen molar-refractivity contribution < 1.29 is 9.18 Å². The number of amides is 2. The highest BCUT2D eigenvalue weighted by atomic mass is 19.1. The minimum absolute atomic E-state index is 0.0121. The van der Waals surface area contributed by atoms with Crippen LogP contribution in [-0.2, 0) is 0 Å². The summed E-state index contributed by atoms with van der Waals surface area (Å²) >= 11 is 0. The van der Waals surface area contributed by atoms with Crippen molar-refractivity contribution in [3.05, 3.63) is 29.6 Å². The summed E-state index contributed by atoms with van der Waals surface area (Å²) in [6, 6.07) is 6.05. The molecule has 0 aromatic heterocycles. The Morgan fingerprint density at radius 1 is 1.23 bits per heavy atom. The van der Waals surface area contributed by atoms with Gasteiger partial charge in [0.1, 0.15) is 17.4 Å². The lowest BCUT2D eigenvalue weighted by atomic mass is 9.92. The molecule has 1 aliphatic heterocycles. The maximum atomic E-state index is 13.5. The average Bonchev–Trinajstić information content (AvgIpc) is 2.58. The molecular formula is C19H28FN5O. The number of piperidine rings is 1. The second-order valence-corrected chi connectivity index (χ2v) is 7.09. The van der Waals surface area contributed by atoms with Gasteiger partial charge in [-0.25, -0.2) is 9.18 Å². The molecule has 2 amide bonds. The van der Waals surface area contributed by atoms with Crippen molar-refractivity contribution in [3.8, 4) is 6.07 Å². The number of hydrogen-bond acceptors (Lipinski definition) is 4. The summed E-state index contributed by atoms with van der Waals surface area (Å²) in [7, 11) is 0. The van der Waals surface area contributed by atoms with E-state index in [2.05, 4.69) is 34.7 Å². The molecule has 2 rings (SSSR count). The molecule has 26 heavy (non-hydrogen) atoms. The van der Waals surface area contributed by atoms with E-state index in [0.717, 1.165) is 19.6 Å². The number of anilines is 1. The van der Waals surface area contributed by atoms with Gasteiger partial charge in [0.05, 0.1) is 5.69 Å². The molecule has 0 saturated carbocycles. The molecule has 0 bridgehead atoms. The molecule has 2 atom stereocenters. The van der Waals surface area contributed by atoms with Crippen LogP contribution in [0.2, 0.25) is 0 Å². The second kappa shape index (κ2) is 9.97. The van der Waals surface area contributed by atoms with Gasteiger partial charge in [-0.15, -0.1) is 0 Å². The summed E-state index contributed by atoms with van der Waals surface area (Å²) < 4.78 is 13.5. The van der Waals surface area contributed by atoms with Gasteiger partial charge in [0.25, 0.3) is 0 Å². The van der Waals surface area contributed by atoms with Gasteiger partial charge in [-0.05, 0) is 30.4 Å². The summed E-state index contributed by atoms with van der Waals surface area (Å²) in [6.45, 7) is 8.98. The third-order valence-electron chi connectivity index (χ3n) is 4.51. The van der Waals surface area contributed by atoms with E-state index < -0.39 is 5.82 Å². The fourth-order valence-corrected chi connectivity index (χ4v) is 3.52. The lowest BCUT2D eigenvalue weighted by Gasteiger charge is -2.34. The number of nitrogens with zero attached hydrogens (tertiary/aromatic N) is 2. The molecule has 1 aromatic rings. The van der Waals surface area contributed by atoms with Gasteiger partial charge in [-0.2, -0.15) is 5.26 Å². The first kappa shape index (κ1) is 20.0. The molecule has 1 aliphatic rings. The fraction of sp³-hybridized carbons (Fsp3) is 0.579. The van der Waals surface area contributed by atoms with Gasteiger partial charge in [0.15, 0.2) is 0 Å². The highest BCUT2D eigenvalue weighted by Gasteiger charge is 2.21. The molecule has 7 heteroatoms. The number of likely N-dealkylation sites (tertiary alicyclic amines) is 1. The minimum Gasteiger partial charge on any atom is -0.382 e. The van der Waals surface area contributed by atoms with Crippen LogP contribution in [0.5, 0.6) is 0 Å². The van der Waals surface area contributed by atoms with Crippen LogP contribution in [-0.4, -0.2) is 50.2 Å². The van der Waals surface area contributed by atoms with Crippen LogP contribution < -0.4 is 16.0 Å². The van der Waals surface area contributed by atoms with E-state index in [1.54, 1.807) is 12.1 Å². The highest BCUT2D eigenvalue weighted by molar-refractivity contribution is 5.73. The van der Waals surface area contributed by atoms with Gasteiger partial charge in [-0.1, -0.05) is 19.9 Å². The van der Waals surface area contributed by atoms with E-state index in [1.807, 2.05) is 6.07 Å². The number of hydrogen-bond donors (Lipinski definition) is 3. The number of carbonyl (C=O) groups is 1. The van der Waals surface area contributed by atoms with Crippen LogP contribution in [0.25, 0.3) is 0 Å². The summed E-state index contributed by atoms with van der Waals surface area (Å²) in [6.07, 6.45) is 1.27. The van der Waals surface area contributed by atoms with E-state index in [1.165, 1.54) is 12.5 Å². The van der Waals surface area contributed by atoms with Crippen LogP contribution in [0.3, 0.4) is 0 Å². The van der Waals surface area contributed by atoms with Crippen LogP contribution in [0.4, 0.5) is 14.9 Å². The predicted octanol–water partition coefficient (Wildman–Crippen LogP) is 2.39. The molecule has 142 valence electrons. The van der Waals surface area contributed by atoms with Crippen LogP contribution in [0.1, 0.15) is 25.8 Å². The van der Waals surface area contributed by atoms with Gasteiger partial charge in [-0.3, -0.25) is 0 Å². The molecule has 1 saturated heterocycles. The zero-order valence-corrected chi connectivity index (χ0v) is 15.5. The molecule has 2 unspecified atom stereocenters. The molecule has 0 spiro atoms. The standard InChI is InChI=1S/C19H28FN5O/c1-14-10-15(2)13-25(12-14)9-8-24-19(26)23-7-6-22-18-5-3-4-17(20)16(18)11-21/h3-5,14-15,22H,6-10,12-13H2,1-2H3,(H2,23,24,26). The molecule has 3 N–H and O–H groups in total. The maximum Gasteiger partial charge on any atom is 0.314 e. The first-order valence-corrected chi connectivity index (χ1v) is 9.16. The van der Waals surface area contributed by atoms with Crippen molar-refractivity contribution in [2.75, 3.05) is 44.6 Å². The quantitative estimate of drug-likeness (QED) is 0.652. The summed E-state index contributed by atoms with van der Waals surface area (Å²) in [5.74, 6) is 0.865. The lowest BCUT2D eigenvalue weighted by Crippen LogP contribution is -2.45. The van der Waals surface area contributed by atoms with Gasteiger partial charge >= 0.3 is 6.03 Å². The number of halogens is 1. The summed E-state index contributed by atoms with van der Waals surface area (Å²) in [5.41, 5.74) is 0.421. The predicted molar refractivity (Wildman–Crippen MR) is 100 cm³/mol. The number of nitriles is 1. The Labute approximate surface area is 154 Å². The molecule has 0 radical (unpaired) electrons. The van der Waals surface area contributed by atoms with Gasteiger partial charge in [0, 0.05) is 39.3 Å². The monoisotopic (exact) mass is 361 g/mol. The Kier molecular flexibility index (Phi) is 7.67. The van der Waals surface area contributed by atoms with Crippen LogP contribution in [0.15, 0.2) is 18.2 Å². The molecule has 1 fully saturated rings. The topological polar surface area (TPSA) is 80.2 Å². The Bertz CT molecular complexity index is 635. The van der Waals surface area contributed by atoms with Crippen LogP contribution >= 0.6 is 0 Å². The van der Waals surface area contributed by atoms with E-state index in [4.69, 9.17) is 5.26 Å². The highest BCUT2D eigenvalue weighted by Crippen LogP contribution is 2.20. The number of benzene rings is 1. The molecule has 0 aliphatic carbocycles. The average molecular weight is 361 g/mol.